The molecule has 14 aromatic rings. The summed E-state index contributed by atoms with van der Waals surface area (Å²) in [7, 11) is 0. The van der Waals surface area contributed by atoms with Gasteiger partial charge in [0.25, 0.3) is 0 Å². The van der Waals surface area contributed by atoms with E-state index in [1.54, 1.807) is 0 Å². The van der Waals surface area contributed by atoms with Gasteiger partial charge in [-0.1, -0.05) is 188 Å². The molecule has 2 aromatic heterocycles. The highest BCUT2D eigenvalue weighted by Crippen LogP contribution is 2.55. The highest BCUT2D eigenvalue weighted by molar-refractivity contribution is 6.16. The normalized spacial score (nSPS) is 15.4. The largest absolute Gasteiger partial charge is 0.309 e. The molecule has 5 nitrogen and oxygen atoms in total. The molecule has 0 radical (unpaired) electrons. The van der Waals surface area contributed by atoms with Crippen molar-refractivity contribution in [1.29, 1.82) is 0 Å². The molecule has 5 heteroatoms. The number of nitrogens with zero attached hydrogens (tertiary/aromatic N) is 5. The molecule has 2 aliphatic rings. The molecule has 1 aliphatic carbocycles. The number of benzene rings is 12. The minimum Gasteiger partial charge on any atom is -0.309 e. The maximum absolute atomic E-state index is 5.60. The molecule has 1 atom stereocenters. The zero-order chi connectivity index (χ0) is 49.4. The number of aromatic nitrogens is 4. The van der Waals surface area contributed by atoms with Crippen LogP contribution in [0.3, 0.4) is 0 Å². The number of anilines is 2. The van der Waals surface area contributed by atoms with Gasteiger partial charge < -0.3 is 4.57 Å². The van der Waals surface area contributed by atoms with E-state index >= 15 is 0 Å². The highest BCUT2D eigenvalue weighted by Gasteiger charge is 2.47. The number of rotatable bonds is 5. The second-order valence-corrected chi connectivity index (χ2v) is 20.5. The van der Waals surface area contributed by atoms with Gasteiger partial charge in [-0.25, -0.2) is 4.98 Å². The maximum atomic E-state index is 5.60. The molecule has 1 aliphatic heterocycles. The van der Waals surface area contributed by atoms with E-state index in [-0.39, 0.29) is 0 Å². The van der Waals surface area contributed by atoms with Gasteiger partial charge in [0, 0.05) is 33.2 Å². The lowest BCUT2D eigenvalue weighted by Crippen LogP contribution is -2.41. The van der Waals surface area contributed by atoms with Crippen molar-refractivity contribution >= 4 is 109 Å². The monoisotopic (exact) mass is 955 g/mol. The number of para-hydroxylation sites is 2. The zero-order valence-electron chi connectivity index (χ0n) is 41.0. The summed E-state index contributed by atoms with van der Waals surface area (Å²) >= 11 is 0. The van der Waals surface area contributed by atoms with Crippen molar-refractivity contribution in [2.24, 2.45) is 0 Å². The number of allylic oxidation sites excluding steroid dienone is 2. The van der Waals surface area contributed by atoms with Crippen LogP contribution in [0.4, 0.5) is 11.6 Å². The Kier molecular flexibility index (Phi) is 8.87. The SMILES string of the molecule is CC12CC=C(c3ccc4c(c3)c3ccccc3n4-c3ccc4c(ccc5ccccc54)c3)C=C1c1ccccc1N2c1nc(-c2cc3ccccc3c3ccccc23)nc(-c2cc3ccccc3c3ccccc23)n1. The molecule has 0 bridgehead atoms. The standard InChI is InChI=1S/C70H45N5/c1-70-37-36-45(44-32-35-65-60(39-44)58-26-12-14-28-64(58)74(65)49-33-34-53-48(38-49)31-30-43-16-2-5-19-50(43)53)42-63(70)59-27-13-15-29-66(59)75(70)69-72-67(61-40-46-17-3-6-20-51(46)54-22-8-10-24-56(54)61)71-68(73-69)62-41-47-18-4-7-21-52(47)55-23-9-11-25-57(55)62/h2-36,38-42H,37H2,1H3. The molecule has 16 rings (SSSR count). The molecule has 0 saturated carbocycles. The second kappa shape index (κ2) is 15.9. The Labute approximate surface area is 432 Å². The lowest BCUT2D eigenvalue weighted by molar-refractivity contribution is 0.596. The Morgan fingerprint density at radius 3 is 1.60 bits per heavy atom. The third kappa shape index (κ3) is 6.22. The molecule has 1 unspecified atom stereocenters. The molecule has 0 fully saturated rings. The first-order valence-electron chi connectivity index (χ1n) is 25.9. The van der Waals surface area contributed by atoms with Crippen molar-refractivity contribution < 1.29 is 0 Å². The van der Waals surface area contributed by atoms with Crippen LogP contribution in [0.1, 0.15) is 24.5 Å². The quantitative estimate of drug-likeness (QED) is 0.161. The Morgan fingerprint density at radius 1 is 0.387 bits per heavy atom. The van der Waals surface area contributed by atoms with E-state index in [0.29, 0.717) is 17.6 Å². The van der Waals surface area contributed by atoms with Crippen molar-refractivity contribution in [2.75, 3.05) is 4.90 Å². The van der Waals surface area contributed by atoms with E-state index in [9.17, 15) is 0 Å². The molecule has 3 heterocycles. The average molecular weight is 956 g/mol. The molecular formula is C70H45N5. The molecule has 75 heavy (non-hydrogen) atoms. The Bertz CT molecular complexity index is 4710. The fourth-order valence-corrected chi connectivity index (χ4v) is 12.8. The lowest BCUT2D eigenvalue weighted by Gasteiger charge is -2.38. The average Bonchev–Trinajstić information content (AvgIpc) is 4.03. The Morgan fingerprint density at radius 2 is 0.907 bits per heavy atom. The summed E-state index contributed by atoms with van der Waals surface area (Å²) in [5.74, 6) is 1.91. The molecule has 0 spiro atoms. The fraction of sp³-hybridized carbons (Fsp3) is 0.0429. The van der Waals surface area contributed by atoms with Gasteiger partial charge in [0.2, 0.25) is 5.95 Å². The predicted molar refractivity (Wildman–Crippen MR) is 314 cm³/mol. The summed E-state index contributed by atoms with van der Waals surface area (Å²) in [4.78, 5) is 19.1. The maximum Gasteiger partial charge on any atom is 0.234 e. The van der Waals surface area contributed by atoms with Gasteiger partial charge in [-0.15, -0.1) is 0 Å². The fourth-order valence-electron chi connectivity index (χ4n) is 12.8. The first kappa shape index (κ1) is 41.9. The van der Waals surface area contributed by atoms with Gasteiger partial charge in [-0.2, -0.15) is 9.97 Å². The van der Waals surface area contributed by atoms with Crippen molar-refractivity contribution in [1.82, 2.24) is 19.5 Å². The summed E-state index contributed by atoms with van der Waals surface area (Å²) in [5.41, 5.74) is 10.9. The van der Waals surface area contributed by atoms with Gasteiger partial charge in [-0.3, -0.25) is 4.90 Å². The molecular weight excluding hydrogens is 911 g/mol. The van der Waals surface area contributed by atoms with Gasteiger partial charge in [0.15, 0.2) is 11.6 Å². The van der Waals surface area contributed by atoms with Crippen LogP contribution in [0, 0.1) is 0 Å². The van der Waals surface area contributed by atoms with E-state index in [2.05, 4.69) is 259 Å². The first-order valence-corrected chi connectivity index (χ1v) is 25.9. The summed E-state index contributed by atoms with van der Waals surface area (Å²) in [6.45, 7) is 2.36. The van der Waals surface area contributed by atoms with E-state index in [1.165, 1.54) is 87.2 Å². The van der Waals surface area contributed by atoms with Crippen LogP contribution < -0.4 is 4.90 Å². The van der Waals surface area contributed by atoms with Crippen LogP contribution in [0.5, 0.6) is 0 Å². The summed E-state index contributed by atoms with van der Waals surface area (Å²) in [6.07, 6.45) is 5.59. The zero-order valence-corrected chi connectivity index (χ0v) is 41.0. The number of fused-ring (bicyclic) bond motifs is 15. The van der Waals surface area contributed by atoms with E-state index in [0.717, 1.165) is 50.5 Å². The summed E-state index contributed by atoms with van der Waals surface area (Å²) < 4.78 is 2.43. The third-order valence-electron chi connectivity index (χ3n) is 16.4. The minimum atomic E-state index is -0.512. The molecule has 12 aromatic carbocycles. The summed E-state index contributed by atoms with van der Waals surface area (Å²) in [5, 5.41) is 16.7. The smallest absolute Gasteiger partial charge is 0.234 e. The molecule has 350 valence electrons. The number of hydrogen-bond donors (Lipinski definition) is 0. The van der Waals surface area contributed by atoms with Crippen LogP contribution in [0.2, 0.25) is 0 Å². The third-order valence-corrected chi connectivity index (χ3v) is 16.4. The van der Waals surface area contributed by atoms with Crippen LogP contribution >= 0.6 is 0 Å². The van der Waals surface area contributed by atoms with Crippen LogP contribution in [0.25, 0.3) is 126 Å². The lowest BCUT2D eigenvalue weighted by atomic mass is 9.80. The minimum absolute atomic E-state index is 0.512. The molecule has 0 saturated heterocycles. The van der Waals surface area contributed by atoms with Crippen LogP contribution in [-0.4, -0.2) is 25.1 Å². The van der Waals surface area contributed by atoms with E-state index in [4.69, 9.17) is 15.0 Å². The first-order chi connectivity index (χ1) is 37.0. The Hall–Kier alpha value is -9.71. The predicted octanol–water partition coefficient (Wildman–Crippen LogP) is 18.0. The summed E-state index contributed by atoms with van der Waals surface area (Å²) in [6, 6.07) is 83.7. The molecule has 0 amide bonds. The van der Waals surface area contributed by atoms with Gasteiger partial charge in [0.05, 0.1) is 22.3 Å². The van der Waals surface area contributed by atoms with Crippen molar-refractivity contribution in [3.05, 3.63) is 254 Å². The van der Waals surface area contributed by atoms with E-state index in [1.807, 2.05) is 0 Å². The number of hydrogen-bond acceptors (Lipinski definition) is 4. The second-order valence-electron chi connectivity index (χ2n) is 20.5. The van der Waals surface area contributed by atoms with Gasteiger partial charge >= 0.3 is 0 Å². The molecule has 0 N–H and O–H groups in total. The van der Waals surface area contributed by atoms with Crippen molar-refractivity contribution in [3.63, 3.8) is 0 Å². The van der Waals surface area contributed by atoms with Crippen LogP contribution in [-0.2, 0) is 0 Å². The topological polar surface area (TPSA) is 46.8 Å². The van der Waals surface area contributed by atoms with Crippen LogP contribution in [0.15, 0.2) is 243 Å². The van der Waals surface area contributed by atoms with E-state index < -0.39 is 5.54 Å². The van der Waals surface area contributed by atoms with Crippen molar-refractivity contribution in [3.8, 4) is 28.5 Å². The highest BCUT2D eigenvalue weighted by atomic mass is 15.3. The Balaban J connectivity index is 0.858. The van der Waals surface area contributed by atoms with Gasteiger partial charge in [-0.05, 0) is 149 Å². The van der Waals surface area contributed by atoms with Crippen molar-refractivity contribution in [2.45, 2.75) is 18.9 Å². The van der Waals surface area contributed by atoms with Gasteiger partial charge in [0.1, 0.15) is 0 Å².